The summed E-state index contributed by atoms with van der Waals surface area (Å²) in [6, 6.07) is 9.78. The Morgan fingerprint density at radius 2 is 2.12 bits per heavy atom. The van der Waals surface area contributed by atoms with Gasteiger partial charge in [-0.05, 0) is 23.9 Å². The van der Waals surface area contributed by atoms with Crippen LogP contribution >= 0.6 is 12.2 Å². The summed E-state index contributed by atoms with van der Waals surface area (Å²) in [5, 5.41) is 3.92. The molecule has 4 nitrogen and oxygen atoms in total. The monoisotopic (exact) mass is 235 g/mol. The van der Waals surface area contributed by atoms with Crippen molar-refractivity contribution in [2.45, 2.75) is 0 Å². The topological polar surface area (TPSA) is 59.6 Å². The Balaban J connectivity index is 2.71. The highest BCUT2D eigenvalue weighted by Gasteiger charge is 1.92. The van der Waals surface area contributed by atoms with E-state index in [4.69, 9.17) is 10.5 Å². The first-order valence-electron chi connectivity index (χ1n) is 4.61. The summed E-state index contributed by atoms with van der Waals surface area (Å²) in [7, 11) is 1.57. The number of nitrogens with two attached hydrogens (primary N) is 1. The van der Waals surface area contributed by atoms with Gasteiger partial charge in [-0.15, -0.1) is 0 Å². The van der Waals surface area contributed by atoms with Gasteiger partial charge in [0.05, 0.1) is 13.3 Å². The normalized spacial score (nSPS) is 11.4. The predicted molar refractivity (Wildman–Crippen MR) is 69.8 cm³/mol. The molecule has 0 amide bonds. The van der Waals surface area contributed by atoms with Crippen LogP contribution in [0.2, 0.25) is 0 Å². The lowest BCUT2D eigenvalue weighted by Gasteiger charge is -2.00. The number of ether oxygens (including phenoxy) is 1. The fourth-order valence-corrected chi connectivity index (χ4v) is 1.07. The smallest absolute Gasteiger partial charge is 0.184 e. The Kier molecular flexibility index (Phi) is 5.01. The molecule has 0 aromatic heterocycles. The number of thiocarbonyl (C=S) groups is 1. The van der Waals surface area contributed by atoms with Crippen LogP contribution in [0.15, 0.2) is 41.2 Å². The Hall–Kier alpha value is -1.88. The maximum atomic E-state index is 5.22. The molecule has 0 unspecified atom stereocenters. The number of allylic oxidation sites excluding steroid dienone is 1. The van der Waals surface area contributed by atoms with Crippen molar-refractivity contribution in [3.8, 4) is 0 Å². The molecule has 16 heavy (non-hydrogen) atoms. The van der Waals surface area contributed by atoms with Crippen LogP contribution in [0.4, 0.5) is 0 Å². The molecule has 0 aliphatic heterocycles. The van der Waals surface area contributed by atoms with E-state index in [1.165, 1.54) is 6.21 Å². The van der Waals surface area contributed by atoms with E-state index in [0.29, 0.717) is 5.76 Å². The molecule has 0 aliphatic carbocycles. The van der Waals surface area contributed by atoms with E-state index >= 15 is 0 Å². The Morgan fingerprint density at radius 1 is 1.44 bits per heavy atom. The molecular weight excluding hydrogens is 222 g/mol. The minimum Gasteiger partial charge on any atom is -0.495 e. The number of hydrogen-bond acceptors (Lipinski definition) is 3. The number of nitrogens with one attached hydrogen (secondary N) is 1. The minimum atomic E-state index is 0.117. The molecule has 0 aliphatic rings. The van der Waals surface area contributed by atoms with Crippen LogP contribution < -0.4 is 11.2 Å². The maximum absolute atomic E-state index is 5.22. The Labute approximate surface area is 99.8 Å². The fraction of sp³-hybridized carbons (Fsp3) is 0.0909. The van der Waals surface area contributed by atoms with E-state index in [1.54, 1.807) is 7.11 Å². The maximum Gasteiger partial charge on any atom is 0.184 e. The summed E-state index contributed by atoms with van der Waals surface area (Å²) in [6.45, 7) is 0. The summed E-state index contributed by atoms with van der Waals surface area (Å²) < 4.78 is 5.12. The van der Waals surface area contributed by atoms with Crippen molar-refractivity contribution in [1.82, 2.24) is 5.43 Å². The summed E-state index contributed by atoms with van der Waals surface area (Å²) in [5.41, 5.74) is 8.70. The zero-order valence-corrected chi connectivity index (χ0v) is 9.70. The largest absolute Gasteiger partial charge is 0.495 e. The van der Waals surface area contributed by atoms with E-state index < -0.39 is 0 Å². The van der Waals surface area contributed by atoms with E-state index in [9.17, 15) is 0 Å². The summed E-state index contributed by atoms with van der Waals surface area (Å²) in [6.07, 6.45) is 3.36. The first-order valence-corrected chi connectivity index (χ1v) is 5.02. The van der Waals surface area contributed by atoms with Gasteiger partial charge in [0.2, 0.25) is 0 Å². The van der Waals surface area contributed by atoms with Gasteiger partial charge >= 0.3 is 0 Å². The van der Waals surface area contributed by atoms with Crippen LogP contribution in [0, 0.1) is 0 Å². The average molecular weight is 235 g/mol. The SMILES string of the molecule is COC(C=NNC(N)=S)=Cc1ccccc1. The zero-order valence-electron chi connectivity index (χ0n) is 8.88. The van der Waals surface area contributed by atoms with E-state index in [2.05, 4.69) is 22.7 Å². The first-order chi connectivity index (χ1) is 7.72. The Bertz CT molecular complexity index is 401. The third-order valence-corrected chi connectivity index (χ3v) is 1.80. The molecule has 0 atom stereocenters. The van der Waals surface area contributed by atoms with Gasteiger partial charge in [0.25, 0.3) is 0 Å². The number of benzene rings is 1. The van der Waals surface area contributed by atoms with Crippen molar-refractivity contribution in [2.75, 3.05) is 7.11 Å². The number of hydrogen-bond donors (Lipinski definition) is 2. The number of methoxy groups -OCH3 is 1. The highest BCUT2D eigenvalue weighted by Crippen LogP contribution is 2.05. The van der Waals surface area contributed by atoms with E-state index in [0.717, 1.165) is 5.56 Å². The average Bonchev–Trinajstić information content (AvgIpc) is 2.28. The quantitative estimate of drug-likeness (QED) is 0.359. The van der Waals surface area contributed by atoms with E-state index in [1.807, 2.05) is 36.4 Å². The second kappa shape index (κ2) is 6.58. The van der Waals surface area contributed by atoms with Crippen molar-refractivity contribution < 1.29 is 4.74 Å². The Morgan fingerprint density at radius 3 is 2.69 bits per heavy atom. The molecule has 0 fully saturated rings. The molecule has 0 saturated heterocycles. The molecular formula is C11H13N3OS. The van der Waals surface area contributed by atoms with Gasteiger partial charge in [-0.2, -0.15) is 5.10 Å². The van der Waals surface area contributed by atoms with Crippen LogP contribution in [0.25, 0.3) is 6.08 Å². The molecule has 3 N–H and O–H groups in total. The molecule has 0 heterocycles. The second-order valence-electron chi connectivity index (χ2n) is 2.90. The molecule has 84 valence electrons. The minimum absolute atomic E-state index is 0.117. The third-order valence-electron chi connectivity index (χ3n) is 1.71. The third kappa shape index (κ3) is 4.56. The molecule has 0 saturated carbocycles. The van der Waals surface area contributed by atoms with Crippen molar-refractivity contribution in [2.24, 2.45) is 10.8 Å². The van der Waals surface area contributed by atoms with Crippen molar-refractivity contribution in [1.29, 1.82) is 0 Å². The lowest BCUT2D eigenvalue weighted by molar-refractivity contribution is 0.320. The second-order valence-corrected chi connectivity index (χ2v) is 3.34. The van der Waals surface area contributed by atoms with Crippen molar-refractivity contribution in [3.63, 3.8) is 0 Å². The van der Waals surface area contributed by atoms with Gasteiger partial charge in [-0.25, -0.2) is 0 Å². The molecule has 5 heteroatoms. The van der Waals surface area contributed by atoms with Gasteiger partial charge in [0, 0.05) is 0 Å². The standard InChI is InChI=1S/C11H13N3OS/c1-15-10(8-13-14-11(12)16)7-9-5-3-2-4-6-9/h2-8H,1H3,(H3,12,14,16). The van der Waals surface area contributed by atoms with Crippen LogP contribution in [-0.2, 0) is 4.74 Å². The lowest BCUT2D eigenvalue weighted by Crippen LogP contribution is -2.24. The summed E-state index contributed by atoms with van der Waals surface area (Å²) in [5.74, 6) is 0.606. The summed E-state index contributed by atoms with van der Waals surface area (Å²) in [4.78, 5) is 0. The van der Waals surface area contributed by atoms with Crippen LogP contribution in [-0.4, -0.2) is 18.4 Å². The zero-order chi connectivity index (χ0) is 11.8. The number of rotatable bonds is 4. The van der Waals surface area contributed by atoms with Gasteiger partial charge < -0.3 is 10.5 Å². The highest BCUT2D eigenvalue weighted by molar-refractivity contribution is 7.80. The molecule has 1 aromatic rings. The molecule has 0 bridgehead atoms. The number of hydrazone groups is 1. The van der Waals surface area contributed by atoms with Crippen LogP contribution in [0.5, 0.6) is 0 Å². The van der Waals surface area contributed by atoms with Gasteiger partial charge in [0.1, 0.15) is 5.76 Å². The number of nitrogens with zero attached hydrogens (tertiary/aromatic N) is 1. The van der Waals surface area contributed by atoms with Gasteiger partial charge in [-0.1, -0.05) is 30.3 Å². The summed E-state index contributed by atoms with van der Waals surface area (Å²) >= 11 is 4.61. The molecule has 0 spiro atoms. The molecule has 1 rings (SSSR count). The predicted octanol–water partition coefficient (Wildman–Crippen LogP) is 1.49. The van der Waals surface area contributed by atoms with E-state index in [-0.39, 0.29) is 5.11 Å². The van der Waals surface area contributed by atoms with Gasteiger partial charge in [0.15, 0.2) is 5.11 Å². The van der Waals surface area contributed by atoms with Crippen LogP contribution in [0.1, 0.15) is 5.56 Å². The van der Waals surface area contributed by atoms with Crippen molar-refractivity contribution >= 4 is 29.6 Å². The van der Waals surface area contributed by atoms with Crippen molar-refractivity contribution in [3.05, 3.63) is 41.7 Å². The molecule has 1 aromatic carbocycles. The molecule has 0 radical (unpaired) electrons. The van der Waals surface area contributed by atoms with Gasteiger partial charge in [-0.3, -0.25) is 5.43 Å². The first kappa shape index (κ1) is 12.2. The fourth-order valence-electron chi connectivity index (χ4n) is 1.02. The van der Waals surface area contributed by atoms with Crippen LogP contribution in [0.3, 0.4) is 0 Å². The highest BCUT2D eigenvalue weighted by atomic mass is 32.1. The lowest BCUT2D eigenvalue weighted by atomic mass is 10.2.